The highest BCUT2D eigenvalue weighted by molar-refractivity contribution is 7.98. The zero-order valence-corrected chi connectivity index (χ0v) is 15.9. The molecule has 0 unspecified atom stereocenters. The van der Waals surface area contributed by atoms with Gasteiger partial charge in [0.05, 0.1) is 6.57 Å². The number of benzene rings is 2. The maximum atomic E-state index is 7.24. The minimum absolute atomic E-state index is 0.614. The Morgan fingerprint density at radius 2 is 2.19 bits per heavy atom. The van der Waals surface area contributed by atoms with Gasteiger partial charge in [-0.1, -0.05) is 23.8 Å². The molecule has 0 aromatic heterocycles. The normalized spacial score (nSPS) is 23.8. The monoisotopic (exact) mass is 361 g/mol. The van der Waals surface area contributed by atoms with Crippen molar-refractivity contribution in [2.24, 2.45) is 0 Å². The molecular formula is C22H23N3S. The molecule has 132 valence electrons. The van der Waals surface area contributed by atoms with Crippen molar-refractivity contribution in [2.45, 2.75) is 31.1 Å². The van der Waals surface area contributed by atoms with Gasteiger partial charge >= 0.3 is 0 Å². The van der Waals surface area contributed by atoms with Gasteiger partial charge in [-0.2, -0.15) is 11.8 Å². The van der Waals surface area contributed by atoms with Crippen molar-refractivity contribution in [2.75, 3.05) is 30.3 Å². The Labute approximate surface area is 159 Å². The molecule has 0 bridgehead atoms. The van der Waals surface area contributed by atoms with Gasteiger partial charge in [0.15, 0.2) is 5.69 Å². The van der Waals surface area contributed by atoms with E-state index in [0.29, 0.717) is 12.0 Å². The molecule has 2 aromatic carbocycles. The summed E-state index contributed by atoms with van der Waals surface area (Å²) in [6, 6.07) is 11.6. The van der Waals surface area contributed by atoms with Gasteiger partial charge in [-0.25, -0.2) is 4.85 Å². The standard InChI is InChI=1S/C22H23N3S/c1-14-9-17(23-2)3-4-18(14)15-10-16-13-26-8-7-25-21-5-6-24-12-20(21)19(11-15)22(16)25/h3-4,9-11,20-21,24H,5-8,12-13H2,1H3/t20-,21-/m0/s1. The predicted octanol–water partition coefficient (Wildman–Crippen LogP) is 4.73. The number of aryl methyl sites for hydroxylation is 1. The molecule has 0 aliphatic carbocycles. The highest BCUT2D eigenvalue weighted by Crippen LogP contribution is 2.49. The van der Waals surface area contributed by atoms with Crippen LogP contribution in [0.4, 0.5) is 11.4 Å². The Kier molecular flexibility index (Phi) is 3.95. The van der Waals surface area contributed by atoms with Crippen molar-refractivity contribution >= 4 is 23.1 Å². The lowest BCUT2D eigenvalue weighted by Crippen LogP contribution is -2.44. The lowest BCUT2D eigenvalue weighted by molar-refractivity contribution is 0.406. The van der Waals surface area contributed by atoms with Crippen molar-refractivity contribution in [3.8, 4) is 11.1 Å². The lowest BCUT2D eigenvalue weighted by atomic mass is 9.87. The molecule has 4 heteroatoms. The number of thioether (sulfide) groups is 1. The highest BCUT2D eigenvalue weighted by Gasteiger charge is 2.41. The van der Waals surface area contributed by atoms with Crippen molar-refractivity contribution in [1.82, 2.24) is 5.32 Å². The number of anilines is 1. The second-order valence-corrected chi connectivity index (χ2v) is 8.70. The fourth-order valence-electron chi connectivity index (χ4n) is 4.98. The van der Waals surface area contributed by atoms with Gasteiger partial charge in [0.1, 0.15) is 0 Å². The van der Waals surface area contributed by atoms with Crippen molar-refractivity contribution in [1.29, 1.82) is 0 Å². The van der Waals surface area contributed by atoms with Crippen LogP contribution >= 0.6 is 11.8 Å². The maximum absolute atomic E-state index is 7.24. The van der Waals surface area contributed by atoms with Crippen LogP contribution in [0.1, 0.15) is 29.0 Å². The molecule has 3 heterocycles. The van der Waals surface area contributed by atoms with E-state index in [1.165, 1.54) is 46.7 Å². The largest absolute Gasteiger partial charge is 0.367 e. The Morgan fingerprint density at radius 1 is 1.27 bits per heavy atom. The van der Waals surface area contributed by atoms with Gasteiger partial charge in [0.2, 0.25) is 0 Å². The zero-order valence-electron chi connectivity index (χ0n) is 15.1. The summed E-state index contributed by atoms with van der Waals surface area (Å²) >= 11 is 2.06. The van der Waals surface area contributed by atoms with Crippen LogP contribution in [0, 0.1) is 13.5 Å². The van der Waals surface area contributed by atoms with Crippen LogP contribution in [0.5, 0.6) is 0 Å². The Morgan fingerprint density at radius 3 is 3.04 bits per heavy atom. The summed E-state index contributed by atoms with van der Waals surface area (Å²) in [6.45, 7) is 12.8. The van der Waals surface area contributed by atoms with Crippen molar-refractivity contribution in [3.05, 3.63) is 58.4 Å². The topological polar surface area (TPSA) is 19.6 Å². The Balaban J connectivity index is 1.67. The van der Waals surface area contributed by atoms with E-state index in [4.69, 9.17) is 6.57 Å². The first kappa shape index (κ1) is 16.2. The minimum atomic E-state index is 0.614. The molecule has 3 aliphatic rings. The van der Waals surface area contributed by atoms with E-state index in [1.54, 1.807) is 5.56 Å². The fraction of sp³-hybridized carbons (Fsp3) is 0.409. The first-order valence-electron chi connectivity index (χ1n) is 9.46. The highest BCUT2D eigenvalue weighted by atomic mass is 32.2. The fourth-order valence-corrected chi connectivity index (χ4v) is 5.89. The van der Waals surface area contributed by atoms with E-state index in [2.05, 4.69) is 51.9 Å². The Bertz CT molecular complexity index is 914. The summed E-state index contributed by atoms with van der Waals surface area (Å²) in [6.07, 6.45) is 1.25. The first-order valence-corrected chi connectivity index (χ1v) is 10.6. The molecule has 26 heavy (non-hydrogen) atoms. The van der Waals surface area contributed by atoms with E-state index in [-0.39, 0.29) is 0 Å². The van der Waals surface area contributed by atoms with Crippen LogP contribution in [0.25, 0.3) is 16.0 Å². The molecule has 0 spiro atoms. The van der Waals surface area contributed by atoms with Crippen LogP contribution in [0.3, 0.4) is 0 Å². The molecule has 1 fully saturated rings. The molecule has 0 saturated carbocycles. The number of rotatable bonds is 1. The molecular weight excluding hydrogens is 338 g/mol. The van der Waals surface area contributed by atoms with Crippen LogP contribution < -0.4 is 10.2 Å². The maximum Gasteiger partial charge on any atom is 0.187 e. The van der Waals surface area contributed by atoms with Gasteiger partial charge in [-0.3, -0.25) is 0 Å². The third-order valence-corrected chi connectivity index (χ3v) is 7.12. The van der Waals surface area contributed by atoms with Gasteiger partial charge in [-0.15, -0.1) is 0 Å². The summed E-state index contributed by atoms with van der Waals surface area (Å²) in [7, 11) is 0. The Hall–Kier alpha value is -1.96. The average Bonchev–Trinajstić information content (AvgIpc) is 2.83. The predicted molar refractivity (Wildman–Crippen MR) is 110 cm³/mol. The molecule has 5 rings (SSSR count). The number of piperidine rings is 1. The summed E-state index contributed by atoms with van der Waals surface area (Å²) in [4.78, 5) is 6.29. The molecule has 1 saturated heterocycles. The molecule has 2 atom stereocenters. The SMILES string of the molecule is [C-]#[N+]c1ccc(-c2cc3c4c(c2)[C@@H]2CNCC[C@@H]2N4CCSC3)c(C)c1. The molecule has 0 amide bonds. The lowest BCUT2D eigenvalue weighted by Gasteiger charge is -2.33. The molecule has 1 N–H and O–H groups in total. The minimum Gasteiger partial charge on any atom is -0.367 e. The summed E-state index contributed by atoms with van der Waals surface area (Å²) in [5, 5.41) is 3.62. The van der Waals surface area contributed by atoms with E-state index in [0.717, 1.165) is 24.5 Å². The van der Waals surface area contributed by atoms with E-state index in [9.17, 15) is 0 Å². The summed E-state index contributed by atoms with van der Waals surface area (Å²) < 4.78 is 0. The van der Waals surface area contributed by atoms with Gasteiger partial charge < -0.3 is 10.2 Å². The second kappa shape index (κ2) is 6.33. The molecule has 3 nitrogen and oxygen atoms in total. The van der Waals surface area contributed by atoms with Crippen LogP contribution in [0.2, 0.25) is 0 Å². The number of nitrogens with one attached hydrogen (secondary N) is 1. The van der Waals surface area contributed by atoms with Crippen LogP contribution in [0.15, 0.2) is 30.3 Å². The number of hydrogen-bond acceptors (Lipinski definition) is 3. The summed E-state index contributed by atoms with van der Waals surface area (Å²) in [5.41, 5.74) is 9.09. The zero-order chi connectivity index (χ0) is 17.7. The molecule has 0 radical (unpaired) electrons. The average molecular weight is 362 g/mol. The van der Waals surface area contributed by atoms with E-state index < -0.39 is 0 Å². The van der Waals surface area contributed by atoms with E-state index >= 15 is 0 Å². The third kappa shape index (κ3) is 2.46. The second-order valence-electron chi connectivity index (χ2n) is 7.60. The molecule has 2 aromatic rings. The van der Waals surface area contributed by atoms with Crippen LogP contribution in [-0.4, -0.2) is 31.4 Å². The van der Waals surface area contributed by atoms with Crippen molar-refractivity contribution < 1.29 is 0 Å². The number of nitrogens with zero attached hydrogens (tertiary/aromatic N) is 2. The van der Waals surface area contributed by atoms with Crippen molar-refractivity contribution in [3.63, 3.8) is 0 Å². The smallest absolute Gasteiger partial charge is 0.187 e. The summed E-state index contributed by atoms with van der Waals surface area (Å²) in [5.74, 6) is 2.95. The first-order chi connectivity index (χ1) is 12.8. The van der Waals surface area contributed by atoms with Gasteiger partial charge in [-0.05, 0) is 54.3 Å². The number of fused-ring (bicyclic) bond motifs is 3. The number of hydrogen-bond donors (Lipinski definition) is 1. The van der Waals surface area contributed by atoms with Gasteiger partial charge in [0, 0.05) is 42.2 Å². The molecule has 3 aliphatic heterocycles. The quantitative estimate of drug-likeness (QED) is 0.742. The van der Waals surface area contributed by atoms with Gasteiger partial charge in [0.25, 0.3) is 0 Å². The third-order valence-electron chi connectivity index (χ3n) is 6.14. The van der Waals surface area contributed by atoms with E-state index in [1.807, 2.05) is 12.1 Å². The van der Waals surface area contributed by atoms with Crippen LogP contribution in [-0.2, 0) is 5.75 Å².